The van der Waals surface area contributed by atoms with Gasteiger partial charge in [0.15, 0.2) is 0 Å². The standard InChI is InChI=1S/C8H19N3O/c1-8(12)7-9-11-5-3-10(2)4-6-11/h8-9,12H,3-7H2,1-2H3. The van der Waals surface area contributed by atoms with Gasteiger partial charge in [-0.3, -0.25) is 5.43 Å². The Kier molecular flexibility index (Phi) is 3.94. The summed E-state index contributed by atoms with van der Waals surface area (Å²) in [7, 11) is 2.13. The first kappa shape index (κ1) is 9.92. The fraction of sp³-hybridized carbons (Fsp3) is 1.00. The lowest BCUT2D eigenvalue weighted by Crippen LogP contribution is -2.52. The summed E-state index contributed by atoms with van der Waals surface area (Å²) in [6.45, 7) is 6.75. The van der Waals surface area contributed by atoms with E-state index in [-0.39, 0.29) is 6.10 Å². The number of nitrogens with one attached hydrogen (secondary N) is 1. The minimum atomic E-state index is -0.260. The van der Waals surface area contributed by atoms with Crippen molar-refractivity contribution in [1.29, 1.82) is 0 Å². The van der Waals surface area contributed by atoms with Gasteiger partial charge in [0, 0.05) is 32.7 Å². The molecule has 2 N–H and O–H groups in total. The molecule has 4 nitrogen and oxygen atoms in total. The number of aliphatic hydroxyl groups excluding tert-OH is 1. The molecule has 1 rings (SSSR count). The Hall–Kier alpha value is -0.160. The summed E-state index contributed by atoms with van der Waals surface area (Å²) in [4.78, 5) is 2.31. The minimum absolute atomic E-state index is 0.260. The fourth-order valence-electron chi connectivity index (χ4n) is 1.23. The quantitative estimate of drug-likeness (QED) is 0.581. The highest BCUT2D eigenvalue weighted by atomic mass is 16.3. The van der Waals surface area contributed by atoms with Crippen LogP contribution in [-0.2, 0) is 0 Å². The van der Waals surface area contributed by atoms with Gasteiger partial charge in [-0.05, 0) is 14.0 Å². The maximum atomic E-state index is 9.04. The van der Waals surface area contributed by atoms with Gasteiger partial charge in [-0.2, -0.15) is 0 Å². The van der Waals surface area contributed by atoms with Crippen molar-refractivity contribution in [2.45, 2.75) is 13.0 Å². The highest BCUT2D eigenvalue weighted by molar-refractivity contribution is 4.66. The summed E-state index contributed by atoms with van der Waals surface area (Å²) in [5.41, 5.74) is 3.20. The second-order valence-corrected chi connectivity index (χ2v) is 3.50. The third kappa shape index (κ3) is 3.49. The smallest absolute Gasteiger partial charge is 0.0650 e. The molecule has 0 saturated carbocycles. The van der Waals surface area contributed by atoms with E-state index < -0.39 is 0 Å². The van der Waals surface area contributed by atoms with E-state index in [1.165, 1.54) is 0 Å². The van der Waals surface area contributed by atoms with E-state index in [0.29, 0.717) is 6.54 Å². The number of hydrogen-bond acceptors (Lipinski definition) is 4. The van der Waals surface area contributed by atoms with Gasteiger partial charge in [0.05, 0.1) is 6.10 Å². The van der Waals surface area contributed by atoms with E-state index in [0.717, 1.165) is 26.2 Å². The normalized spacial score (nSPS) is 24.2. The zero-order valence-corrected chi connectivity index (χ0v) is 7.95. The molecule has 0 aromatic carbocycles. The van der Waals surface area contributed by atoms with Crippen LogP contribution in [0.25, 0.3) is 0 Å². The lowest BCUT2D eigenvalue weighted by Gasteiger charge is -2.32. The molecule has 0 aliphatic carbocycles. The van der Waals surface area contributed by atoms with Gasteiger partial charge in [0.25, 0.3) is 0 Å². The average molecular weight is 173 g/mol. The molecule has 0 amide bonds. The van der Waals surface area contributed by atoms with Crippen LogP contribution in [-0.4, -0.2) is 60.9 Å². The van der Waals surface area contributed by atoms with E-state index in [9.17, 15) is 0 Å². The highest BCUT2D eigenvalue weighted by Gasteiger charge is 2.12. The third-order valence-corrected chi connectivity index (χ3v) is 2.11. The van der Waals surface area contributed by atoms with Crippen LogP contribution in [0.3, 0.4) is 0 Å². The highest BCUT2D eigenvalue weighted by Crippen LogP contribution is 1.94. The molecule has 0 spiro atoms. The molecule has 4 heteroatoms. The summed E-state index contributed by atoms with van der Waals surface area (Å²) in [5, 5.41) is 11.2. The molecule has 1 aliphatic heterocycles. The van der Waals surface area contributed by atoms with Gasteiger partial charge < -0.3 is 10.0 Å². The van der Waals surface area contributed by atoms with Crippen molar-refractivity contribution in [3.8, 4) is 0 Å². The number of rotatable bonds is 3. The largest absolute Gasteiger partial charge is 0.392 e. The SMILES string of the molecule is CC(O)CNN1CCN(C)CC1. The molecule has 72 valence electrons. The number of likely N-dealkylation sites (N-methyl/N-ethyl adjacent to an activating group) is 1. The number of nitrogens with zero attached hydrogens (tertiary/aromatic N) is 2. The molecule has 1 unspecified atom stereocenters. The molecule has 1 saturated heterocycles. The van der Waals surface area contributed by atoms with Gasteiger partial charge in [-0.15, -0.1) is 0 Å². The van der Waals surface area contributed by atoms with Crippen LogP contribution in [0, 0.1) is 0 Å². The van der Waals surface area contributed by atoms with E-state index in [1.807, 2.05) is 0 Å². The van der Waals surface area contributed by atoms with Crippen LogP contribution in [0.15, 0.2) is 0 Å². The van der Waals surface area contributed by atoms with Crippen LogP contribution < -0.4 is 5.43 Å². The van der Waals surface area contributed by atoms with E-state index in [2.05, 4.69) is 22.4 Å². The molecular weight excluding hydrogens is 154 g/mol. The van der Waals surface area contributed by atoms with Gasteiger partial charge >= 0.3 is 0 Å². The van der Waals surface area contributed by atoms with Crippen LogP contribution in [0.1, 0.15) is 6.92 Å². The third-order valence-electron chi connectivity index (χ3n) is 2.11. The van der Waals surface area contributed by atoms with Crippen molar-refractivity contribution < 1.29 is 5.11 Å². The van der Waals surface area contributed by atoms with Gasteiger partial charge in [-0.25, -0.2) is 5.01 Å². The summed E-state index contributed by atoms with van der Waals surface area (Å²) in [5.74, 6) is 0. The molecule has 1 fully saturated rings. The number of hydrogen-bond donors (Lipinski definition) is 2. The Labute approximate surface area is 74.1 Å². The predicted octanol–water partition coefficient (Wildman–Crippen LogP) is -0.881. The van der Waals surface area contributed by atoms with Crippen LogP contribution >= 0.6 is 0 Å². The molecule has 1 atom stereocenters. The monoisotopic (exact) mass is 173 g/mol. The fourth-order valence-corrected chi connectivity index (χ4v) is 1.23. The number of hydrazine groups is 1. The summed E-state index contributed by atoms with van der Waals surface area (Å²) in [6, 6.07) is 0. The summed E-state index contributed by atoms with van der Waals surface area (Å²) in [6.07, 6.45) is -0.260. The Bertz CT molecular complexity index is 121. The first-order valence-electron chi connectivity index (χ1n) is 4.53. The van der Waals surface area contributed by atoms with Crippen molar-refractivity contribution in [3.63, 3.8) is 0 Å². The zero-order valence-electron chi connectivity index (χ0n) is 7.95. The van der Waals surface area contributed by atoms with E-state index >= 15 is 0 Å². The lowest BCUT2D eigenvalue weighted by molar-refractivity contribution is 0.0794. The number of aliphatic hydroxyl groups is 1. The number of piperazine rings is 1. The molecular formula is C8H19N3O. The van der Waals surface area contributed by atoms with Crippen molar-refractivity contribution in [3.05, 3.63) is 0 Å². The zero-order chi connectivity index (χ0) is 8.97. The van der Waals surface area contributed by atoms with Crippen molar-refractivity contribution in [2.24, 2.45) is 0 Å². The molecule has 0 radical (unpaired) electrons. The molecule has 1 aliphatic rings. The van der Waals surface area contributed by atoms with E-state index in [1.54, 1.807) is 6.92 Å². The Balaban J connectivity index is 2.09. The second kappa shape index (κ2) is 4.77. The lowest BCUT2D eigenvalue weighted by atomic mass is 10.4. The first-order chi connectivity index (χ1) is 5.68. The molecule has 12 heavy (non-hydrogen) atoms. The van der Waals surface area contributed by atoms with Crippen molar-refractivity contribution in [2.75, 3.05) is 39.8 Å². The van der Waals surface area contributed by atoms with Gasteiger partial charge in [0.2, 0.25) is 0 Å². The maximum absolute atomic E-state index is 9.04. The molecule has 0 aromatic heterocycles. The minimum Gasteiger partial charge on any atom is -0.392 e. The summed E-state index contributed by atoms with van der Waals surface area (Å²) < 4.78 is 0. The molecule has 1 heterocycles. The Morgan fingerprint density at radius 3 is 2.42 bits per heavy atom. The van der Waals surface area contributed by atoms with Crippen LogP contribution in [0.4, 0.5) is 0 Å². The predicted molar refractivity (Wildman–Crippen MR) is 48.8 cm³/mol. The maximum Gasteiger partial charge on any atom is 0.0650 e. The van der Waals surface area contributed by atoms with Gasteiger partial charge in [-0.1, -0.05) is 0 Å². The van der Waals surface area contributed by atoms with Gasteiger partial charge in [0.1, 0.15) is 0 Å². The van der Waals surface area contributed by atoms with E-state index in [4.69, 9.17) is 5.11 Å². The summed E-state index contributed by atoms with van der Waals surface area (Å²) >= 11 is 0. The molecule has 0 aromatic rings. The van der Waals surface area contributed by atoms with Crippen molar-refractivity contribution in [1.82, 2.24) is 15.3 Å². The van der Waals surface area contributed by atoms with Crippen LogP contribution in [0.2, 0.25) is 0 Å². The average Bonchev–Trinajstić information content (AvgIpc) is 2.03. The topological polar surface area (TPSA) is 38.7 Å². The Morgan fingerprint density at radius 1 is 1.33 bits per heavy atom. The second-order valence-electron chi connectivity index (χ2n) is 3.50. The Morgan fingerprint density at radius 2 is 1.92 bits per heavy atom. The van der Waals surface area contributed by atoms with Crippen molar-refractivity contribution >= 4 is 0 Å². The van der Waals surface area contributed by atoms with Crippen LogP contribution in [0.5, 0.6) is 0 Å². The molecule has 0 bridgehead atoms. The first-order valence-corrected chi connectivity index (χ1v) is 4.53.